The molecule has 1 rings (SSSR count). The molecule has 17 heavy (non-hydrogen) atoms. The van der Waals surface area contributed by atoms with E-state index in [0.29, 0.717) is 4.47 Å². The number of carbonyl (C=O) groups is 2. The van der Waals surface area contributed by atoms with E-state index in [1.807, 2.05) is 0 Å². The van der Waals surface area contributed by atoms with E-state index in [1.165, 1.54) is 12.1 Å². The first kappa shape index (κ1) is 13.6. The van der Waals surface area contributed by atoms with Gasteiger partial charge in [0.05, 0.1) is 5.56 Å². The fourth-order valence-electron chi connectivity index (χ4n) is 1.32. The van der Waals surface area contributed by atoms with Crippen LogP contribution in [0.2, 0.25) is 0 Å². The standard InChI is InChI=1S/C11H11BrFNO3/c1-2-14(6-10(15)16)11(17)8-5-7(12)3-4-9(8)13/h3-5H,2,6H2,1H3,(H,15,16). The summed E-state index contributed by atoms with van der Waals surface area (Å²) in [6.45, 7) is 1.40. The van der Waals surface area contributed by atoms with Crippen LogP contribution in [0.1, 0.15) is 17.3 Å². The van der Waals surface area contributed by atoms with Crippen LogP contribution in [0.25, 0.3) is 0 Å². The molecular weight excluding hydrogens is 293 g/mol. The Morgan fingerprint density at radius 3 is 2.65 bits per heavy atom. The minimum absolute atomic E-state index is 0.137. The van der Waals surface area contributed by atoms with E-state index >= 15 is 0 Å². The highest BCUT2D eigenvalue weighted by Gasteiger charge is 2.20. The second-order valence-corrected chi connectivity index (χ2v) is 4.25. The summed E-state index contributed by atoms with van der Waals surface area (Å²) in [7, 11) is 0. The topological polar surface area (TPSA) is 57.6 Å². The van der Waals surface area contributed by atoms with Crippen LogP contribution in [-0.4, -0.2) is 35.0 Å². The van der Waals surface area contributed by atoms with Crippen molar-refractivity contribution in [2.45, 2.75) is 6.92 Å². The first-order valence-electron chi connectivity index (χ1n) is 4.91. The first-order valence-corrected chi connectivity index (χ1v) is 5.71. The van der Waals surface area contributed by atoms with Gasteiger partial charge in [0.2, 0.25) is 0 Å². The molecule has 0 heterocycles. The van der Waals surface area contributed by atoms with Gasteiger partial charge in [0.25, 0.3) is 5.91 Å². The fraction of sp³-hybridized carbons (Fsp3) is 0.273. The van der Waals surface area contributed by atoms with Gasteiger partial charge in [-0.25, -0.2) is 4.39 Å². The Morgan fingerprint density at radius 1 is 1.47 bits per heavy atom. The lowest BCUT2D eigenvalue weighted by Crippen LogP contribution is -2.35. The van der Waals surface area contributed by atoms with Gasteiger partial charge in [0.15, 0.2) is 0 Å². The molecule has 0 fully saturated rings. The molecule has 0 bridgehead atoms. The van der Waals surface area contributed by atoms with E-state index in [-0.39, 0.29) is 12.1 Å². The molecule has 0 saturated carbocycles. The largest absolute Gasteiger partial charge is 0.480 e. The number of benzene rings is 1. The summed E-state index contributed by atoms with van der Waals surface area (Å²) in [5.41, 5.74) is -0.137. The van der Waals surface area contributed by atoms with Gasteiger partial charge in [0, 0.05) is 11.0 Å². The summed E-state index contributed by atoms with van der Waals surface area (Å²) >= 11 is 3.13. The zero-order valence-electron chi connectivity index (χ0n) is 9.11. The Kier molecular flexibility index (Phi) is 4.62. The van der Waals surface area contributed by atoms with E-state index in [1.54, 1.807) is 6.92 Å². The van der Waals surface area contributed by atoms with Crippen molar-refractivity contribution in [3.05, 3.63) is 34.1 Å². The number of amides is 1. The van der Waals surface area contributed by atoms with Crippen molar-refractivity contribution < 1.29 is 19.1 Å². The predicted octanol–water partition coefficient (Wildman–Crippen LogP) is 2.13. The molecular formula is C11H11BrFNO3. The van der Waals surface area contributed by atoms with Gasteiger partial charge in [-0.05, 0) is 25.1 Å². The summed E-state index contributed by atoms with van der Waals surface area (Å²) < 4.78 is 14.0. The average molecular weight is 304 g/mol. The number of carbonyl (C=O) groups excluding carboxylic acids is 1. The SMILES string of the molecule is CCN(CC(=O)O)C(=O)c1cc(Br)ccc1F. The second-order valence-electron chi connectivity index (χ2n) is 3.34. The molecule has 0 aliphatic heterocycles. The minimum atomic E-state index is -1.13. The molecule has 1 amide bonds. The molecule has 1 N–H and O–H groups in total. The predicted molar refractivity (Wildman–Crippen MR) is 63.3 cm³/mol. The highest BCUT2D eigenvalue weighted by molar-refractivity contribution is 9.10. The van der Waals surface area contributed by atoms with Crippen molar-refractivity contribution in [2.75, 3.05) is 13.1 Å². The average Bonchev–Trinajstić information content (AvgIpc) is 2.28. The Balaban J connectivity index is 3.01. The zero-order valence-corrected chi connectivity index (χ0v) is 10.7. The van der Waals surface area contributed by atoms with Gasteiger partial charge >= 0.3 is 5.97 Å². The van der Waals surface area contributed by atoms with Gasteiger partial charge in [-0.2, -0.15) is 0 Å². The maximum absolute atomic E-state index is 13.4. The van der Waals surface area contributed by atoms with Crippen molar-refractivity contribution in [3.63, 3.8) is 0 Å². The highest BCUT2D eigenvalue weighted by atomic mass is 79.9. The molecule has 0 saturated heterocycles. The number of halogens is 2. The van der Waals surface area contributed by atoms with Gasteiger partial charge in [-0.3, -0.25) is 9.59 Å². The number of carboxylic acid groups (broad SMARTS) is 1. The van der Waals surface area contributed by atoms with E-state index < -0.39 is 24.2 Å². The highest BCUT2D eigenvalue weighted by Crippen LogP contribution is 2.17. The number of hydrogen-bond donors (Lipinski definition) is 1. The molecule has 0 spiro atoms. The van der Waals surface area contributed by atoms with Crippen molar-refractivity contribution in [2.24, 2.45) is 0 Å². The lowest BCUT2D eigenvalue weighted by atomic mass is 10.2. The summed E-state index contributed by atoms with van der Waals surface area (Å²) in [6, 6.07) is 3.97. The molecule has 1 aromatic rings. The molecule has 4 nitrogen and oxygen atoms in total. The van der Waals surface area contributed by atoms with Crippen molar-refractivity contribution in [1.82, 2.24) is 4.90 Å². The normalized spacial score (nSPS) is 10.1. The third kappa shape index (κ3) is 3.52. The van der Waals surface area contributed by atoms with Crippen molar-refractivity contribution in [1.29, 1.82) is 0 Å². The second kappa shape index (κ2) is 5.77. The molecule has 0 atom stereocenters. The van der Waals surface area contributed by atoms with E-state index in [0.717, 1.165) is 11.0 Å². The molecule has 0 aromatic heterocycles. The molecule has 0 radical (unpaired) electrons. The van der Waals surface area contributed by atoms with Gasteiger partial charge < -0.3 is 10.0 Å². The zero-order chi connectivity index (χ0) is 13.0. The fourth-order valence-corrected chi connectivity index (χ4v) is 1.68. The van der Waals surface area contributed by atoms with E-state index in [4.69, 9.17) is 5.11 Å². The van der Waals surface area contributed by atoms with Gasteiger partial charge in [0.1, 0.15) is 12.4 Å². The smallest absolute Gasteiger partial charge is 0.323 e. The molecule has 6 heteroatoms. The van der Waals surface area contributed by atoms with Crippen LogP contribution in [0.15, 0.2) is 22.7 Å². The first-order chi connectivity index (χ1) is 7.95. The Hall–Kier alpha value is -1.43. The quantitative estimate of drug-likeness (QED) is 0.927. The van der Waals surface area contributed by atoms with Crippen LogP contribution in [0.4, 0.5) is 4.39 Å². The number of hydrogen-bond acceptors (Lipinski definition) is 2. The van der Waals surface area contributed by atoms with E-state index in [2.05, 4.69) is 15.9 Å². The summed E-state index contributed by atoms with van der Waals surface area (Å²) in [5.74, 6) is -2.42. The van der Waals surface area contributed by atoms with Crippen LogP contribution in [0.5, 0.6) is 0 Å². The van der Waals surface area contributed by atoms with Crippen LogP contribution in [-0.2, 0) is 4.79 Å². The van der Waals surface area contributed by atoms with Crippen LogP contribution < -0.4 is 0 Å². The maximum atomic E-state index is 13.4. The van der Waals surface area contributed by atoms with Gasteiger partial charge in [-0.1, -0.05) is 15.9 Å². The van der Waals surface area contributed by atoms with Crippen LogP contribution >= 0.6 is 15.9 Å². The monoisotopic (exact) mass is 303 g/mol. The molecule has 1 aromatic carbocycles. The summed E-state index contributed by atoms with van der Waals surface area (Å²) in [6.07, 6.45) is 0. The third-order valence-corrected chi connectivity index (χ3v) is 2.65. The van der Waals surface area contributed by atoms with Crippen molar-refractivity contribution in [3.8, 4) is 0 Å². The minimum Gasteiger partial charge on any atom is -0.480 e. The molecule has 0 unspecified atom stereocenters. The molecule has 0 aliphatic rings. The van der Waals surface area contributed by atoms with Crippen LogP contribution in [0.3, 0.4) is 0 Å². The van der Waals surface area contributed by atoms with Crippen molar-refractivity contribution >= 4 is 27.8 Å². The number of nitrogens with zero attached hydrogens (tertiary/aromatic N) is 1. The van der Waals surface area contributed by atoms with Gasteiger partial charge in [-0.15, -0.1) is 0 Å². The Morgan fingerprint density at radius 2 is 2.12 bits per heavy atom. The Labute approximate surface area is 106 Å². The lowest BCUT2D eigenvalue weighted by molar-refractivity contribution is -0.137. The lowest BCUT2D eigenvalue weighted by Gasteiger charge is -2.18. The molecule has 0 aliphatic carbocycles. The summed E-state index contributed by atoms with van der Waals surface area (Å²) in [5, 5.41) is 8.64. The number of likely N-dealkylation sites (N-methyl/N-ethyl adjacent to an activating group) is 1. The maximum Gasteiger partial charge on any atom is 0.323 e. The molecule has 92 valence electrons. The number of aliphatic carboxylic acids is 1. The number of rotatable bonds is 4. The van der Waals surface area contributed by atoms with E-state index in [9.17, 15) is 14.0 Å². The Bertz CT molecular complexity index is 450. The van der Waals surface area contributed by atoms with Crippen LogP contribution in [0, 0.1) is 5.82 Å². The third-order valence-electron chi connectivity index (χ3n) is 2.15. The summed E-state index contributed by atoms with van der Waals surface area (Å²) in [4.78, 5) is 23.5. The number of carboxylic acids is 1.